The Morgan fingerprint density at radius 2 is 1.84 bits per heavy atom. The van der Waals surface area contributed by atoms with Crippen molar-refractivity contribution in [1.29, 1.82) is 5.26 Å². The van der Waals surface area contributed by atoms with E-state index in [0.717, 1.165) is 16.7 Å². The lowest BCUT2D eigenvalue weighted by Gasteiger charge is -2.62. The van der Waals surface area contributed by atoms with Crippen LogP contribution in [0.5, 0.6) is 40.2 Å². The Hall–Kier alpha value is -4.88. The molecule has 4 bridgehead atoms. The molecule has 14 nitrogen and oxygen atoms in total. The summed E-state index contributed by atoms with van der Waals surface area (Å²) in [6.45, 7) is 5.28. The van der Waals surface area contributed by atoms with Crippen molar-refractivity contribution in [3.63, 3.8) is 0 Å². The highest BCUT2D eigenvalue weighted by Crippen LogP contribution is 2.64. The second kappa shape index (κ2) is 12.8. The summed E-state index contributed by atoms with van der Waals surface area (Å²) in [7, 11) is 4.99. The molecule has 0 aromatic heterocycles. The van der Waals surface area contributed by atoms with Gasteiger partial charge in [-0.3, -0.25) is 19.9 Å². The highest BCUT2D eigenvalue weighted by atomic mass is 32.2. The van der Waals surface area contributed by atoms with Crippen LogP contribution in [-0.4, -0.2) is 97.0 Å². The highest BCUT2D eigenvalue weighted by Gasteiger charge is 2.62. The van der Waals surface area contributed by atoms with E-state index in [-0.39, 0.29) is 42.4 Å². The molecule has 7 heterocycles. The van der Waals surface area contributed by atoms with Gasteiger partial charge in [0.1, 0.15) is 18.4 Å². The van der Waals surface area contributed by atoms with Crippen LogP contribution < -0.4 is 29.0 Å². The molecule has 55 heavy (non-hydrogen) atoms. The number of carbonyl (C=O) groups excluding carboxylic acids is 2. The van der Waals surface area contributed by atoms with Crippen molar-refractivity contribution >= 4 is 23.7 Å². The standard InChI is InChI=1S/C40H42N4O10S/c1-17-9-21-10-23-24(13-41)44-25-14-51-39(48)40(22-12-27(49-5)26(46)11-20(22)7-8-42-40)15-55-38(32(44)31(43(23)4)28(21)33(47)34(17)50-6)30-29(25)37-36(52-16-53-37)18(2)35(30)54-19(3)45/h9,11-12,23-25,31-32,38,42,46-47H,7-8,10,14-16H2,1-6H3/t23-,24-,25-,31-,32+,38+,40+/m0/s1. The molecule has 2 saturated heterocycles. The van der Waals surface area contributed by atoms with Crippen LogP contribution in [-0.2, 0) is 32.7 Å². The molecule has 0 amide bonds. The van der Waals surface area contributed by atoms with Crippen LogP contribution in [0.25, 0.3) is 0 Å². The molecule has 0 aliphatic carbocycles. The molecule has 3 aromatic carbocycles. The van der Waals surface area contributed by atoms with Gasteiger partial charge in [-0.1, -0.05) is 6.07 Å². The average molecular weight is 771 g/mol. The molecule has 7 aliphatic heterocycles. The van der Waals surface area contributed by atoms with Crippen molar-refractivity contribution < 1.29 is 48.2 Å². The van der Waals surface area contributed by atoms with E-state index in [1.807, 2.05) is 27.0 Å². The molecule has 3 N–H and O–H groups in total. The summed E-state index contributed by atoms with van der Waals surface area (Å²) >= 11 is 1.48. The van der Waals surface area contributed by atoms with Gasteiger partial charge in [-0.15, -0.1) is 11.8 Å². The molecule has 3 aromatic rings. The number of nitriles is 1. The Kier molecular flexibility index (Phi) is 8.36. The molecule has 288 valence electrons. The minimum Gasteiger partial charge on any atom is -0.504 e. The Morgan fingerprint density at radius 1 is 1.05 bits per heavy atom. The largest absolute Gasteiger partial charge is 0.504 e. The van der Waals surface area contributed by atoms with Crippen molar-refractivity contribution in [2.24, 2.45) is 0 Å². The number of aromatic hydroxyl groups is 2. The number of nitrogens with zero attached hydrogens (tertiary/aromatic N) is 3. The number of ether oxygens (including phenoxy) is 6. The summed E-state index contributed by atoms with van der Waals surface area (Å²) < 4.78 is 36.1. The molecule has 15 heteroatoms. The number of carbonyl (C=O) groups is 2. The third-order valence-electron chi connectivity index (χ3n) is 12.4. The lowest BCUT2D eigenvalue weighted by atomic mass is 9.71. The van der Waals surface area contributed by atoms with E-state index < -0.39 is 46.9 Å². The lowest BCUT2D eigenvalue weighted by molar-refractivity contribution is -0.157. The molecular weight excluding hydrogens is 729 g/mol. The summed E-state index contributed by atoms with van der Waals surface area (Å²) in [5, 5.41) is 36.9. The van der Waals surface area contributed by atoms with Gasteiger partial charge >= 0.3 is 11.9 Å². The maximum absolute atomic E-state index is 14.7. The van der Waals surface area contributed by atoms with Crippen LogP contribution >= 0.6 is 11.8 Å². The fourth-order valence-electron chi connectivity index (χ4n) is 10.2. The van der Waals surface area contributed by atoms with E-state index in [9.17, 15) is 25.1 Å². The molecule has 0 radical (unpaired) electrons. The number of benzene rings is 3. The van der Waals surface area contributed by atoms with Gasteiger partial charge in [-0.25, -0.2) is 4.79 Å². The SMILES string of the molecule is COc1cc2c(cc1O)CCN[C@]21CS[C@@H]2c3c(OC(C)=O)c(C)c4c(c3[C@H](COC1=O)N1[C@@H]2[C@@H]2c3c(cc(C)c(OC)c3O)C[C@@H]([C@@H]1C#N)N2C)OCO4. The monoisotopic (exact) mass is 770 g/mol. The first-order valence-electron chi connectivity index (χ1n) is 18.3. The number of aryl methyl sites for hydroxylation is 1. The van der Waals surface area contributed by atoms with E-state index in [2.05, 4.69) is 21.2 Å². The predicted octanol–water partition coefficient (Wildman–Crippen LogP) is 3.99. The molecule has 7 atom stereocenters. The third-order valence-corrected chi connectivity index (χ3v) is 13.9. The van der Waals surface area contributed by atoms with Gasteiger partial charge in [0.2, 0.25) is 6.79 Å². The fourth-order valence-corrected chi connectivity index (χ4v) is 11.9. The van der Waals surface area contributed by atoms with Crippen molar-refractivity contribution in [2.45, 2.75) is 74.6 Å². The van der Waals surface area contributed by atoms with Crippen LogP contribution in [0.15, 0.2) is 18.2 Å². The van der Waals surface area contributed by atoms with E-state index in [4.69, 9.17) is 28.4 Å². The fraction of sp³-hybridized carbons (Fsp3) is 0.475. The van der Waals surface area contributed by atoms with Gasteiger partial charge in [0, 0.05) is 53.6 Å². The zero-order chi connectivity index (χ0) is 38.7. The Labute approximate surface area is 322 Å². The van der Waals surface area contributed by atoms with Gasteiger partial charge in [-0.05, 0) is 68.1 Å². The molecule has 0 unspecified atom stereocenters. The number of methoxy groups -OCH3 is 2. The number of hydrogen-bond acceptors (Lipinski definition) is 15. The topological polar surface area (TPSA) is 172 Å². The Balaban J connectivity index is 1.33. The first-order valence-corrected chi connectivity index (χ1v) is 19.4. The van der Waals surface area contributed by atoms with Crippen LogP contribution in [0.2, 0.25) is 0 Å². The van der Waals surface area contributed by atoms with Gasteiger partial charge in [0.15, 0.2) is 40.0 Å². The first-order chi connectivity index (χ1) is 26.4. The molecule has 1 spiro atoms. The van der Waals surface area contributed by atoms with Gasteiger partial charge in [0.05, 0.1) is 37.6 Å². The molecule has 10 rings (SSSR count). The zero-order valence-corrected chi connectivity index (χ0v) is 32.2. The number of hydrogen-bond donors (Lipinski definition) is 3. The van der Waals surface area contributed by atoms with Crippen molar-refractivity contribution in [3.8, 4) is 46.3 Å². The molecule has 2 fully saturated rings. The first kappa shape index (κ1) is 35.8. The molecule has 0 saturated carbocycles. The zero-order valence-electron chi connectivity index (χ0n) is 31.3. The molecular formula is C40H42N4O10S. The van der Waals surface area contributed by atoms with Crippen LogP contribution in [0, 0.1) is 25.2 Å². The van der Waals surface area contributed by atoms with E-state index in [0.29, 0.717) is 70.2 Å². The minimum atomic E-state index is -1.36. The van der Waals surface area contributed by atoms with E-state index in [1.165, 1.54) is 32.9 Å². The predicted molar refractivity (Wildman–Crippen MR) is 198 cm³/mol. The Morgan fingerprint density at radius 3 is 2.56 bits per heavy atom. The second-order valence-electron chi connectivity index (χ2n) is 15.1. The number of piperazine rings is 1. The number of rotatable bonds is 3. The van der Waals surface area contributed by atoms with E-state index in [1.54, 1.807) is 12.1 Å². The van der Waals surface area contributed by atoms with Crippen LogP contribution in [0.4, 0.5) is 0 Å². The quantitative estimate of drug-likeness (QED) is 0.258. The van der Waals surface area contributed by atoms with Gasteiger partial charge in [0.25, 0.3) is 0 Å². The number of phenols is 2. The molecule has 7 aliphatic rings. The minimum absolute atomic E-state index is 0.0239. The number of nitrogens with one attached hydrogen (secondary N) is 1. The summed E-state index contributed by atoms with van der Waals surface area (Å²) in [6.07, 6.45) is 1.05. The number of phenolic OH excluding ortho intramolecular Hbond substituents is 2. The highest BCUT2D eigenvalue weighted by molar-refractivity contribution is 7.99. The summed E-state index contributed by atoms with van der Waals surface area (Å²) in [4.78, 5) is 32.0. The van der Waals surface area contributed by atoms with Crippen LogP contribution in [0.1, 0.15) is 68.8 Å². The number of thioether (sulfide) groups is 1. The van der Waals surface area contributed by atoms with Crippen molar-refractivity contribution in [2.75, 3.05) is 47.0 Å². The number of likely N-dealkylation sites (N-methyl/N-ethyl adjacent to an activating group) is 1. The summed E-state index contributed by atoms with van der Waals surface area (Å²) in [6, 6.07) is 5.28. The smallest absolute Gasteiger partial charge is 0.331 e. The van der Waals surface area contributed by atoms with Crippen LogP contribution in [0.3, 0.4) is 0 Å². The summed E-state index contributed by atoms with van der Waals surface area (Å²) in [5.41, 5.74) is 4.41. The third kappa shape index (κ3) is 4.90. The normalized spacial score (nSPS) is 28.9. The van der Waals surface area contributed by atoms with Crippen molar-refractivity contribution in [1.82, 2.24) is 15.1 Å². The maximum Gasteiger partial charge on any atom is 0.331 e. The second-order valence-corrected chi connectivity index (χ2v) is 16.2. The average Bonchev–Trinajstić information content (AvgIpc) is 3.65. The van der Waals surface area contributed by atoms with E-state index >= 15 is 0 Å². The maximum atomic E-state index is 14.7. The summed E-state index contributed by atoms with van der Waals surface area (Å²) in [5.74, 6) is 0.973. The Bertz CT molecular complexity index is 2220. The number of fused-ring (bicyclic) bond motifs is 9. The lowest BCUT2D eigenvalue weighted by Crippen LogP contribution is -2.69. The van der Waals surface area contributed by atoms with Crippen molar-refractivity contribution in [3.05, 3.63) is 62.7 Å². The van der Waals surface area contributed by atoms with Gasteiger partial charge < -0.3 is 38.6 Å². The number of esters is 2. The van der Waals surface area contributed by atoms with Gasteiger partial charge in [-0.2, -0.15) is 5.26 Å².